The molecule has 0 bridgehead atoms. The summed E-state index contributed by atoms with van der Waals surface area (Å²) in [7, 11) is 0. The van der Waals surface area contributed by atoms with Crippen LogP contribution in [0.4, 0.5) is 57.1 Å². The summed E-state index contributed by atoms with van der Waals surface area (Å²) in [4.78, 5) is 0. The minimum Gasteiger partial charge on any atom is -0.429 e. The average molecular weight is 656 g/mol. The van der Waals surface area contributed by atoms with Crippen molar-refractivity contribution in [2.75, 3.05) is 0 Å². The summed E-state index contributed by atoms with van der Waals surface area (Å²) < 4.78 is 192. The Morgan fingerprint density at radius 1 is 0.533 bits per heavy atom. The van der Waals surface area contributed by atoms with Crippen LogP contribution >= 0.6 is 0 Å². The monoisotopic (exact) mass is 656 g/mol. The van der Waals surface area contributed by atoms with Crippen LogP contribution in [-0.2, 0) is 24.8 Å². The highest BCUT2D eigenvalue weighted by Crippen LogP contribution is 2.41. The van der Waals surface area contributed by atoms with E-state index in [1.54, 1.807) is 6.92 Å². The average Bonchev–Trinajstić information content (AvgIpc) is 2.86. The normalized spacial score (nSPS) is 12.4. The number of hydrogen-bond donors (Lipinski definition) is 0. The zero-order valence-corrected chi connectivity index (χ0v) is 22.4. The van der Waals surface area contributed by atoms with Gasteiger partial charge in [-0.15, -0.1) is 0 Å². The number of benzene rings is 4. The highest BCUT2D eigenvalue weighted by molar-refractivity contribution is 5.65. The first-order chi connectivity index (χ1) is 20.8. The molecule has 0 aliphatic heterocycles. The molecule has 0 saturated heterocycles. The zero-order chi connectivity index (χ0) is 33.5. The quantitative estimate of drug-likeness (QED) is 0.167. The van der Waals surface area contributed by atoms with Crippen LogP contribution < -0.4 is 9.47 Å². The number of halogens is 13. The van der Waals surface area contributed by atoms with Crippen LogP contribution in [0, 0.1) is 34.9 Å². The summed E-state index contributed by atoms with van der Waals surface area (Å²) in [6, 6.07) is 3.94. The van der Waals surface area contributed by atoms with E-state index in [-0.39, 0.29) is 30.2 Å². The predicted octanol–water partition coefficient (Wildman–Crippen LogP) is 10.4. The topological polar surface area (TPSA) is 18.5 Å². The molecule has 240 valence electrons. The Morgan fingerprint density at radius 3 is 1.49 bits per heavy atom. The molecule has 0 unspecified atom stereocenters. The number of rotatable bonds is 9. The van der Waals surface area contributed by atoms with Gasteiger partial charge in [-0.05, 0) is 53.9 Å². The molecule has 0 atom stereocenters. The summed E-state index contributed by atoms with van der Waals surface area (Å²) in [6.45, 7) is 1.66. The highest BCUT2D eigenvalue weighted by Gasteiger charge is 2.44. The molecule has 0 aliphatic carbocycles. The molecule has 0 aliphatic rings. The molecular formula is C30H17F13O2. The Morgan fingerprint density at radius 2 is 1.02 bits per heavy atom. The van der Waals surface area contributed by atoms with Crippen molar-refractivity contribution in [1.82, 2.24) is 0 Å². The van der Waals surface area contributed by atoms with Gasteiger partial charge in [0.15, 0.2) is 0 Å². The lowest BCUT2D eigenvalue weighted by molar-refractivity contribution is -0.191. The van der Waals surface area contributed by atoms with Gasteiger partial charge in [-0.25, -0.2) is 26.3 Å². The summed E-state index contributed by atoms with van der Waals surface area (Å²) in [5.41, 5.74) is -6.61. The van der Waals surface area contributed by atoms with Gasteiger partial charge in [0.05, 0.1) is 5.56 Å². The second kappa shape index (κ2) is 12.2. The third kappa shape index (κ3) is 7.12. The molecule has 0 amide bonds. The minimum absolute atomic E-state index is 0.0405. The smallest absolute Gasteiger partial charge is 0.429 e. The van der Waals surface area contributed by atoms with Gasteiger partial charge in [-0.3, -0.25) is 0 Å². The van der Waals surface area contributed by atoms with Gasteiger partial charge in [0.2, 0.25) is 0 Å². The highest BCUT2D eigenvalue weighted by atomic mass is 19.4. The largest absolute Gasteiger partial charge is 0.432 e. The maximum absolute atomic E-state index is 14.8. The van der Waals surface area contributed by atoms with E-state index in [9.17, 15) is 57.1 Å². The van der Waals surface area contributed by atoms with E-state index in [0.29, 0.717) is 48.9 Å². The summed E-state index contributed by atoms with van der Waals surface area (Å²) in [5, 5.41) is 0. The molecule has 45 heavy (non-hydrogen) atoms. The lowest BCUT2D eigenvalue weighted by Gasteiger charge is -2.22. The number of hydrogen-bond acceptors (Lipinski definition) is 2. The van der Waals surface area contributed by atoms with E-state index in [0.717, 1.165) is 0 Å². The van der Waals surface area contributed by atoms with Gasteiger partial charge in [-0.1, -0.05) is 19.4 Å². The van der Waals surface area contributed by atoms with Crippen LogP contribution in [0.3, 0.4) is 0 Å². The van der Waals surface area contributed by atoms with Crippen LogP contribution in [0.15, 0.2) is 60.7 Å². The van der Waals surface area contributed by atoms with Gasteiger partial charge < -0.3 is 9.47 Å². The van der Waals surface area contributed by atoms with Crippen molar-refractivity contribution in [3.8, 4) is 22.6 Å². The molecular weight excluding hydrogens is 639 g/mol. The molecule has 0 spiro atoms. The fraction of sp³-hybridized carbons (Fsp3) is 0.200. The molecule has 2 nitrogen and oxygen atoms in total. The molecule has 0 saturated carbocycles. The van der Waals surface area contributed by atoms with Gasteiger partial charge in [0, 0.05) is 23.8 Å². The number of ether oxygens (including phenoxy) is 2. The van der Waals surface area contributed by atoms with Crippen molar-refractivity contribution in [2.45, 2.75) is 38.2 Å². The second-order valence-electron chi connectivity index (χ2n) is 9.52. The molecule has 0 aromatic heterocycles. The molecule has 0 N–H and O–H groups in total. The van der Waals surface area contributed by atoms with E-state index in [4.69, 9.17) is 0 Å². The number of aryl methyl sites for hydroxylation is 1. The van der Waals surface area contributed by atoms with E-state index < -0.39 is 92.6 Å². The first-order valence-corrected chi connectivity index (χ1v) is 12.6. The van der Waals surface area contributed by atoms with Crippen molar-refractivity contribution in [2.24, 2.45) is 0 Å². The lowest BCUT2D eigenvalue weighted by Crippen LogP contribution is -2.27. The fourth-order valence-electron chi connectivity index (χ4n) is 4.33. The Kier molecular flexibility index (Phi) is 9.04. The fourth-order valence-corrected chi connectivity index (χ4v) is 4.33. The first kappa shape index (κ1) is 33.5. The van der Waals surface area contributed by atoms with Crippen molar-refractivity contribution in [3.05, 3.63) is 118 Å². The standard InChI is InChI=1S/C30H17F13O2/c1-2-3-14-8-22(33)26(23(34)9-14)30(42,43)45-17-12-24(35)27(25(36)13-17)29(40,41)44-16-5-6-18(20(31)11-16)15-4-7-19(21(32)10-15)28(37,38)39/h4-13H,2-3H2,1H3. The second-order valence-corrected chi connectivity index (χ2v) is 9.52. The molecule has 0 heterocycles. The van der Waals surface area contributed by atoms with Crippen molar-refractivity contribution in [1.29, 1.82) is 0 Å². The molecule has 4 aromatic carbocycles. The summed E-state index contributed by atoms with van der Waals surface area (Å²) in [5.74, 6) is -13.5. The maximum atomic E-state index is 14.8. The lowest BCUT2D eigenvalue weighted by atomic mass is 10.0. The van der Waals surface area contributed by atoms with E-state index >= 15 is 0 Å². The molecule has 4 rings (SSSR count). The van der Waals surface area contributed by atoms with Crippen LogP contribution in [0.25, 0.3) is 11.1 Å². The van der Waals surface area contributed by atoms with Gasteiger partial charge in [0.1, 0.15) is 57.5 Å². The van der Waals surface area contributed by atoms with Crippen LogP contribution in [0.1, 0.15) is 35.6 Å². The SMILES string of the molecule is CCCc1cc(F)c(C(F)(F)Oc2cc(F)c(C(F)(F)Oc3ccc(-c4ccc(C(F)(F)F)c(F)c4)c(F)c3)c(F)c2)c(F)c1. The third-order valence-corrected chi connectivity index (χ3v) is 6.26. The van der Waals surface area contributed by atoms with Crippen LogP contribution in [-0.4, -0.2) is 0 Å². The van der Waals surface area contributed by atoms with Crippen LogP contribution in [0.5, 0.6) is 11.5 Å². The third-order valence-electron chi connectivity index (χ3n) is 6.26. The molecule has 0 radical (unpaired) electrons. The van der Waals surface area contributed by atoms with Gasteiger partial charge >= 0.3 is 18.4 Å². The Labute approximate surface area is 245 Å². The zero-order valence-electron chi connectivity index (χ0n) is 22.4. The molecule has 4 aromatic rings. The maximum Gasteiger partial charge on any atom is 0.432 e. The van der Waals surface area contributed by atoms with Crippen molar-refractivity contribution >= 4 is 0 Å². The summed E-state index contributed by atoms with van der Waals surface area (Å²) >= 11 is 0. The van der Waals surface area contributed by atoms with E-state index in [2.05, 4.69) is 9.47 Å². The van der Waals surface area contributed by atoms with Gasteiger partial charge in [-0.2, -0.15) is 30.7 Å². The van der Waals surface area contributed by atoms with Crippen molar-refractivity contribution < 1.29 is 66.5 Å². The van der Waals surface area contributed by atoms with E-state index in [1.165, 1.54) is 0 Å². The van der Waals surface area contributed by atoms with E-state index in [1.807, 2.05) is 0 Å². The number of alkyl halides is 7. The van der Waals surface area contributed by atoms with Gasteiger partial charge in [0.25, 0.3) is 0 Å². The first-order valence-electron chi connectivity index (χ1n) is 12.6. The Balaban J connectivity index is 1.58. The van der Waals surface area contributed by atoms with Crippen LogP contribution in [0.2, 0.25) is 0 Å². The molecule has 0 fully saturated rings. The Bertz CT molecular complexity index is 1690. The molecule has 15 heteroatoms. The van der Waals surface area contributed by atoms with Crippen molar-refractivity contribution in [3.63, 3.8) is 0 Å². The summed E-state index contributed by atoms with van der Waals surface area (Å²) in [6.07, 6.45) is -14.3. The Hall–Kier alpha value is -4.43. The minimum atomic E-state index is -5.05. The predicted molar refractivity (Wildman–Crippen MR) is 133 cm³/mol.